The number of rotatable bonds is 2. The number of hydrogen-bond donors (Lipinski definition) is 5. The number of aliphatic hydroxyl groups is 1. The molecule has 3 aromatic carbocycles. The van der Waals surface area contributed by atoms with Crippen LogP contribution < -0.4 is 21.4 Å². The first kappa shape index (κ1) is 30.1. The van der Waals surface area contributed by atoms with E-state index >= 15 is 0 Å². The molecular weight excluding hydrogens is 589 g/mol. The fourth-order valence-corrected chi connectivity index (χ4v) is 7.49. The van der Waals surface area contributed by atoms with Gasteiger partial charge in [-0.15, -0.1) is 0 Å². The summed E-state index contributed by atoms with van der Waals surface area (Å²) in [6.45, 7) is 17.5. The summed E-state index contributed by atoms with van der Waals surface area (Å²) in [5, 5.41) is 19.9. The van der Waals surface area contributed by atoms with Gasteiger partial charge in [-0.1, -0.05) is 24.3 Å². The van der Waals surface area contributed by atoms with E-state index in [-0.39, 0.29) is 6.61 Å². The van der Waals surface area contributed by atoms with Crippen molar-refractivity contribution < 1.29 is 5.11 Å². The number of hydrogen-bond acceptors (Lipinski definition) is 1. The van der Waals surface area contributed by atoms with Gasteiger partial charge in [0, 0.05) is 38.7 Å². The zero-order chi connectivity index (χ0) is 33.6. The Bertz CT molecular complexity index is 2740. The van der Waals surface area contributed by atoms with E-state index in [2.05, 4.69) is 142 Å². The second kappa shape index (κ2) is 10.9. The lowest BCUT2D eigenvalue weighted by Gasteiger charge is -2.15. The van der Waals surface area contributed by atoms with Crippen molar-refractivity contribution in [3.05, 3.63) is 148 Å². The van der Waals surface area contributed by atoms with Gasteiger partial charge in [-0.05, 0) is 175 Å². The van der Waals surface area contributed by atoms with Crippen molar-refractivity contribution in [2.45, 2.75) is 62.0 Å². The van der Waals surface area contributed by atoms with Crippen LogP contribution in [0.3, 0.4) is 0 Å². The Labute approximate surface area is 280 Å². The summed E-state index contributed by atoms with van der Waals surface area (Å²) in [7, 11) is 0. The van der Waals surface area contributed by atoms with Gasteiger partial charge in [0.1, 0.15) is 0 Å². The van der Waals surface area contributed by atoms with Crippen molar-refractivity contribution in [3.8, 4) is 0 Å². The van der Waals surface area contributed by atoms with Gasteiger partial charge in [-0.2, -0.15) is 0 Å². The van der Waals surface area contributed by atoms with Gasteiger partial charge in [0.2, 0.25) is 0 Å². The van der Waals surface area contributed by atoms with E-state index in [1.807, 2.05) is 0 Å². The second-order valence-electron chi connectivity index (χ2n) is 13.8. The van der Waals surface area contributed by atoms with Gasteiger partial charge < -0.3 is 25.0 Å². The standard InChI is InChI=1S/C43H42N4O/c1-21-23(3)37-18-39-25(5)27(7)42(46-39)41(34-16-32-14-30-12-10-9-11-29(30)13-31(32)15-33(34)20-48)43-28(8)26(6)40(47-43)19-38-24(4)22(2)36(45-38)17-35(21)44-37/h9-19,44-48H,20H2,1-8H3. The first-order valence-corrected chi connectivity index (χ1v) is 16.8. The Kier molecular flexibility index (Phi) is 6.83. The van der Waals surface area contributed by atoms with E-state index in [0.29, 0.717) is 0 Å². The maximum Gasteiger partial charge on any atom is 0.0688 e. The third-order valence-corrected chi connectivity index (χ3v) is 11.2. The van der Waals surface area contributed by atoms with E-state index in [1.165, 1.54) is 55.3 Å². The van der Waals surface area contributed by atoms with Crippen LogP contribution in [-0.2, 0) is 6.61 Å². The molecule has 1 aliphatic heterocycles. The average Bonchev–Trinajstić information content (AvgIpc) is 3.71. The van der Waals surface area contributed by atoms with E-state index < -0.39 is 0 Å². The molecule has 1 aliphatic rings. The van der Waals surface area contributed by atoms with E-state index in [9.17, 15) is 5.11 Å². The van der Waals surface area contributed by atoms with Crippen LogP contribution in [0.2, 0.25) is 0 Å². The van der Waals surface area contributed by atoms with Crippen molar-refractivity contribution in [2.24, 2.45) is 0 Å². The summed E-state index contributed by atoms with van der Waals surface area (Å²) >= 11 is 0. The largest absolute Gasteiger partial charge is 0.392 e. The molecule has 48 heavy (non-hydrogen) atoms. The van der Waals surface area contributed by atoms with E-state index in [4.69, 9.17) is 0 Å². The Hall–Kier alpha value is -5.26. The summed E-state index contributed by atoms with van der Waals surface area (Å²) in [5.41, 5.74) is 17.1. The highest BCUT2D eigenvalue weighted by atomic mass is 16.3. The van der Waals surface area contributed by atoms with Crippen molar-refractivity contribution in [1.82, 2.24) is 19.9 Å². The summed E-state index contributed by atoms with van der Waals surface area (Å²) < 4.78 is 0. The van der Waals surface area contributed by atoms with Gasteiger partial charge in [0.25, 0.3) is 0 Å². The topological polar surface area (TPSA) is 83.4 Å². The van der Waals surface area contributed by atoms with Crippen LogP contribution in [0.5, 0.6) is 0 Å². The average molecular weight is 631 g/mol. The lowest BCUT2D eigenvalue weighted by molar-refractivity contribution is 0.281. The van der Waals surface area contributed by atoms with Crippen molar-refractivity contribution in [2.75, 3.05) is 0 Å². The van der Waals surface area contributed by atoms with Crippen LogP contribution in [0.25, 0.3) is 45.3 Å². The molecule has 0 spiro atoms. The third kappa shape index (κ3) is 4.49. The van der Waals surface area contributed by atoms with Gasteiger partial charge in [0.15, 0.2) is 0 Å². The Morgan fingerprint density at radius 1 is 0.479 bits per heavy atom. The first-order valence-electron chi connectivity index (χ1n) is 16.8. The number of nitrogens with one attached hydrogen (secondary N) is 4. The maximum absolute atomic E-state index is 10.9. The fraction of sp³-hybridized carbons (Fsp3) is 0.209. The predicted molar refractivity (Wildman–Crippen MR) is 199 cm³/mol. The molecular formula is C43H42N4O. The van der Waals surface area contributed by atoms with Crippen LogP contribution in [0.4, 0.5) is 0 Å². The second-order valence-corrected chi connectivity index (χ2v) is 13.8. The molecule has 0 radical (unpaired) electrons. The minimum Gasteiger partial charge on any atom is -0.392 e. The van der Waals surface area contributed by atoms with Gasteiger partial charge >= 0.3 is 0 Å². The van der Waals surface area contributed by atoms with Crippen LogP contribution in [-0.4, -0.2) is 25.0 Å². The molecule has 0 amide bonds. The quantitative estimate of drug-likeness (QED) is 0.143. The predicted octanol–water partition coefficient (Wildman–Crippen LogP) is 6.31. The Morgan fingerprint density at radius 2 is 0.979 bits per heavy atom. The summed E-state index contributed by atoms with van der Waals surface area (Å²) in [4.78, 5) is 15.2. The summed E-state index contributed by atoms with van der Waals surface area (Å²) in [6.07, 6.45) is 6.74. The molecule has 240 valence electrons. The van der Waals surface area contributed by atoms with Gasteiger partial charge in [-0.3, -0.25) is 0 Å². The fourth-order valence-electron chi connectivity index (χ4n) is 7.49. The molecule has 5 nitrogen and oxygen atoms in total. The van der Waals surface area contributed by atoms with Gasteiger partial charge in [0.05, 0.1) is 17.6 Å². The first-order chi connectivity index (χ1) is 23.0. The number of benzene rings is 3. The van der Waals surface area contributed by atoms with Crippen LogP contribution in [0.15, 0.2) is 48.5 Å². The molecule has 5 heterocycles. The zero-order valence-corrected chi connectivity index (χ0v) is 29.0. The maximum atomic E-state index is 10.9. The molecule has 8 rings (SSSR count). The summed E-state index contributed by atoms with van der Waals surface area (Å²) in [6, 6.07) is 17.4. The molecule has 5 heteroatoms. The SMILES string of the molecule is Cc1c2[nH]c(c1C)C=c1[nH]c(c(C)c1C)=C(c1cc3cc4ccccc4cc3cc1CO)c1[nH]c(c(C)c1C)C=c1[nH]c(c(C)c1C)=C2. The minimum absolute atomic E-state index is 0.0685. The highest BCUT2D eigenvalue weighted by Gasteiger charge is 2.22. The van der Waals surface area contributed by atoms with Crippen LogP contribution in [0.1, 0.15) is 78.4 Å². The number of aliphatic hydroxyl groups excluding tert-OH is 1. The molecule has 7 aromatic rings. The highest BCUT2D eigenvalue weighted by Crippen LogP contribution is 2.34. The molecule has 0 saturated carbocycles. The number of aromatic amines is 4. The van der Waals surface area contributed by atoms with Crippen molar-refractivity contribution in [3.63, 3.8) is 0 Å². The van der Waals surface area contributed by atoms with Crippen molar-refractivity contribution in [1.29, 1.82) is 0 Å². The molecule has 5 N–H and O–H groups in total. The van der Waals surface area contributed by atoms with Gasteiger partial charge in [-0.25, -0.2) is 0 Å². The lowest BCUT2D eigenvalue weighted by Crippen LogP contribution is -2.18. The normalized spacial score (nSPS) is 12.8. The monoisotopic (exact) mass is 630 g/mol. The number of aromatic nitrogens is 4. The smallest absolute Gasteiger partial charge is 0.0688 e. The Balaban J connectivity index is 1.55. The van der Waals surface area contributed by atoms with Crippen LogP contribution in [0, 0.1) is 55.4 Å². The number of H-pyrrole nitrogens is 4. The van der Waals surface area contributed by atoms with Crippen LogP contribution >= 0.6 is 0 Å². The molecule has 4 aromatic heterocycles. The molecule has 0 fully saturated rings. The number of fused-ring (bicyclic) bond motifs is 10. The summed E-state index contributed by atoms with van der Waals surface area (Å²) in [5.74, 6) is 0. The Morgan fingerprint density at radius 3 is 1.56 bits per heavy atom. The zero-order valence-electron chi connectivity index (χ0n) is 29.0. The van der Waals surface area contributed by atoms with E-state index in [1.54, 1.807) is 0 Å². The molecule has 8 bridgehead atoms. The lowest BCUT2D eigenvalue weighted by atomic mass is 9.90. The van der Waals surface area contributed by atoms with Crippen molar-refractivity contribution >= 4 is 45.3 Å². The molecule has 0 unspecified atom stereocenters. The minimum atomic E-state index is -0.0685. The molecule has 0 atom stereocenters. The van der Waals surface area contributed by atoms with E-state index in [0.717, 1.165) is 71.6 Å². The third-order valence-electron chi connectivity index (χ3n) is 11.2. The molecule has 0 saturated heterocycles. The molecule has 0 aliphatic carbocycles. The highest BCUT2D eigenvalue weighted by molar-refractivity contribution is 6.00.